The summed E-state index contributed by atoms with van der Waals surface area (Å²) in [7, 11) is 0. The fourth-order valence-corrected chi connectivity index (χ4v) is 0.754. The molecular weight excluding hydrogens is 196 g/mol. The maximum absolute atomic E-state index is 10.6. The molecule has 0 amide bonds. The van der Waals surface area contributed by atoms with E-state index in [-0.39, 0.29) is 0 Å². The second-order valence-corrected chi connectivity index (χ2v) is 2.84. The smallest absolute Gasteiger partial charge is 0.375 e. The number of ketones is 1. The van der Waals surface area contributed by atoms with Gasteiger partial charge < -0.3 is 25.5 Å². The van der Waals surface area contributed by atoms with Crippen molar-refractivity contribution in [1.29, 1.82) is 0 Å². The summed E-state index contributed by atoms with van der Waals surface area (Å²) in [4.78, 5) is 20.7. The van der Waals surface area contributed by atoms with Crippen molar-refractivity contribution in [1.82, 2.24) is 0 Å². The van der Waals surface area contributed by atoms with E-state index in [1.807, 2.05) is 0 Å². The largest absolute Gasteiger partial charge is 0.475 e. The molecule has 14 heavy (non-hydrogen) atoms. The van der Waals surface area contributed by atoms with Gasteiger partial charge in [-0.25, -0.2) is 4.79 Å². The number of rotatable bonds is 5. The molecule has 0 aromatic carbocycles. The number of carbonyl (C=O) groups is 2. The highest BCUT2D eigenvalue weighted by Gasteiger charge is 2.35. The van der Waals surface area contributed by atoms with Gasteiger partial charge in [0.1, 0.15) is 12.2 Å². The van der Waals surface area contributed by atoms with Gasteiger partial charge in [-0.2, -0.15) is 0 Å². The zero-order valence-corrected chi connectivity index (χ0v) is 7.36. The van der Waals surface area contributed by atoms with Gasteiger partial charge in [-0.1, -0.05) is 0 Å². The van der Waals surface area contributed by atoms with Crippen LogP contribution in [0.4, 0.5) is 0 Å². The van der Waals surface area contributed by atoms with Crippen molar-refractivity contribution < 1.29 is 35.1 Å². The van der Waals surface area contributed by atoms with Crippen LogP contribution >= 0.6 is 0 Å². The Morgan fingerprint density at radius 2 is 1.43 bits per heavy atom. The Morgan fingerprint density at radius 3 is 1.71 bits per heavy atom. The number of carbonyl (C=O) groups excluding carboxylic acids is 1. The van der Waals surface area contributed by atoms with Crippen LogP contribution in [-0.2, 0) is 9.59 Å². The Kier molecular flexibility index (Phi) is 4.64. The minimum Gasteiger partial charge on any atom is -0.475 e. The molecule has 0 bridgehead atoms. The van der Waals surface area contributed by atoms with E-state index in [4.69, 9.17) is 25.5 Å². The fraction of sp³-hybridized carbons (Fsp3) is 0.714. The summed E-state index contributed by atoms with van der Waals surface area (Å²) in [5.74, 6) is -3.56. The first-order valence-electron chi connectivity index (χ1n) is 3.78. The van der Waals surface area contributed by atoms with Crippen LogP contribution in [0.15, 0.2) is 0 Å². The molecule has 0 rings (SSSR count). The first-order valence-corrected chi connectivity index (χ1v) is 3.78. The van der Waals surface area contributed by atoms with Gasteiger partial charge in [0.25, 0.3) is 5.78 Å². The Balaban J connectivity index is 4.46. The van der Waals surface area contributed by atoms with Gasteiger partial charge in [-0.05, 0) is 6.92 Å². The van der Waals surface area contributed by atoms with E-state index in [0.717, 1.165) is 6.92 Å². The number of carboxylic acid groups (broad SMARTS) is 1. The van der Waals surface area contributed by atoms with Crippen LogP contribution < -0.4 is 0 Å². The average molecular weight is 208 g/mol. The maximum atomic E-state index is 10.6. The van der Waals surface area contributed by atoms with Gasteiger partial charge in [-0.3, -0.25) is 4.79 Å². The van der Waals surface area contributed by atoms with E-state index in [1.165, 1.54) is 0 Å². The zero-order valence-electron chi connectivity index (χ0n) is 7.36. The van der Waals surface area contributed by atoms with E-state index in [0.29, 0.717) is 0 Å². The number of carboxylic acids is 1. The summed E-state index contributed by atoms with van der Waals surface area (Å²) in [6.45, 7) is 1.12. The van der Waals surface area contributed by atoms with Gasteiger partial charge >= 0.3 is 5.97 Å². The highest BCUT2D eigenvalue weighted by Crippen LogP contribution is 2.05. The van der Waals surface area contributed by atoms with Gasteiger partial charge in [0.15, 0.2) is 6.10 Å². The molecule has 1 unspecified atom stereocenters. The van der Waals surface area contributed by atoms with Crippen molar-refractivity contribution in [2.75, 3.05) is 0 Å². The third-order valence-electron chi connectivity index (χ3n) is 1.65. The Morgan fingerprint density at radius 1 is 1.00 bits per heavy atom. The second kappa shape index (κ2) is 5.01. The molecule has 0 aliphatic carbocycles. The monoisotopic (exact) mass is 208 g/mol. The van der Waals surface area contributed by atoms with Gasteiger partial charge in [0.2, 0.25) is 0 Å². The highest BCUT2D eigenvalue weighted by atomic mass is 16.4. The first-order chi connectivity index (χ1) is 6.29. The summed E-state index contributed by atoms with van der Waals surface area (Å²) in [6.07, 6.45) is -7.45. The molecule has 0 fully saturated rings. The lowest BCUT2D eigenvalue weighted by atomic mass is 10.0. The molecule has 0 heterocycles. The fourth-order valence-electron chi connectivity index (χ4n) is 0.754. The van der Waals surface area contributed by atoms with Crippen LogP contribution in [0.3, 0.4) is 0 Å². The molecular formula is C7H12O7. The second-order valence-electron chi connectivity index (χ2n) is 2.84. The predicted octanol–water partition coefficient (Wildman–Crippen LogP) is -2.90. The van der Waals surface area contributed by atoms with Crippen LogP contribution in [0.2, 0.25) is 0 Å². The Bertz CT molecular complexity index is 224. The summed E-state index contributed by atoms with van der Waals surface area (Å²) in [5, 5.41) is 43.9. The van der Waals surface area contributed by atoms with Crippen molar-refractivity contribution in [2.45, 2.75) is 31.3 Å². The van der Waals surface area contributed by atoms with Crippen molar-refractivity contribution in [2.24, 2.45) is 0 Å². The summed E-state index contributed by atoms with van der Waals surface area (Å²) < 4.78 is 0. The van der Waals surface area contributed by atoms with Gasteiger partial charge in [0, 0.05) is 0 Å². The lowest BCUT2D eigenvalue weighted by Crippen LogP contribution is -2.48. The third-order valence-corrected chi connectivity index (χ3v) is 1.65. The molecule has 7 nitrogen and oxygen atoms in total. The summed E-state index contributed by atoms with van der Waals surface area (Å²) in [5.41, 5.74) is 0. The number of hydrogen-bond donors (Lipinski definition) is 5. The number of hydrogen-bond acceptors (Lipinski definition) is 6. The predicted molar refractivity (Wildman–Crippen MR) is 42.3 cm³/mol. The molecule has 0 spiro atoms. The SMILES string of the molecule is CC(O)[C@H](O)[C@@H](O)[C@H](O)C(=O)C(=O)O. The van der Waals surface area contributed by atoms with E-state index in [1.54, 1.807) is 0 Å². The molecule has 0 aliphatic heterocycles. The topological polar surface area (TPSA) is 135 Å². The zero-order chi connectivity index (χ0) is 11.5. The standard InChI is InChI=1S/C7H12O7/c1-2(8)3(9)4(10)5(11)6(12)7(13)14/h2-5,8-11H,1H3,(H,13,14)/t2?,3-,4+,5-/m0/s1. The minimum atomic E-state index is -2.25. The van der Waals surface area contributed by atoms with E-state index in [9.17, 15) is 9.59 Å². The molecule has 7 heteroatoms. The van der Waals surface area contributed by atoms with Crippen LogP contribution in [0.1, 0.15) is 6.92 Å². The van der Waals surface area contributed by atoms with Gasteiger partial charge in [-0.15, -0.1) is 0 Å². The van der Waals surface area contributed by atoms with Gasteiger partial charge in [0.05, 0.1) is 6.10 Å². The van der Waals surface area contributed by atoms with Crippen LogP contribution in [0.25, 0.3) is 0 Å². The molecule has 82 valence electrons. The lowest BCUT2D eigenvalue weighted by Gasteiger charge is -2.22. The normalized spacial score (nSPS) is 19.5. The van der Waals surface area contributed by atoms with Crippen LogP contribution in [-0.4, -0.2) is 61.7 Å². The highest BCUT2D eigenvalue weighted by molar-refractivity contribution is 6.34. The maximum Gasteiger partial charge on any atom is 0.375 e. The first kappa shape index (κ1) is 13.0. The molecule has 5 N–H and O–H groups in total. The number of Topliss-reactive ketones (excluding diaryl/α,β-unsaturated/α-hetero) is 1. The number of aliphatic carboxylic acids is 1. The molecule has 0 saturated heterocycles. The van der Waals surface area contributed by atoms with E-state index in [2.05, 4.69) is 0 Å². The quantitative estimate of drug-likeness (QED) is 0.306. The lowest BCUT2D eigenvalue weighted by molar-refractivity contribution is -0.161. The van der Waals surface area contributed by atoms with E-state index >= 15 is 0 Å². The van der Waals surface area contributed by atoms with Crippen molar-refractivity contribution in [3.8, 4) is 0 Å². The molecule has 0 aromatic rings. The Labute approximate surface area is 79.2 Å². The molecule has 0 radical (unpaired) electrons. The molecule has 0 aromatic heterocycles. The average Bonchev–Trinajstić information content (AvgIpc) is 2.12. The Hall–Kier alpha value is -1.02. The van der Waals surface area contributed by atoms with Crippen LogP contribution in [0.5, 0.6) is 0 Å². The van der Waals surface area contributed by atoms with Crippen molar-refractivity contribution >= 4 is 11.8 Å². The van der Waals surface area contributed by atoms with E-state index < -0.39 is 36.2 Å². The molecule has 0 aliphatic rings. The van der Waals surface area contributed by atoms with Crippen molar-refractivity contribution in [3.63, 3.8) is 0 Å². The third kappa shape index (κ3) is 3.04. The number of aliphatic hydroxyl groups is 4. The molecule has 4 atom stereocenters. The molecule has 0 saturated carbocycles. The number of aliphatic hydroxyl groups excluding tert-OH is 4. The minimum absolute atomic E-state index is 1.12. The van der Waals surface area contributed by atoms with Crippen molar-refractivity contribution in [3.05, 3.63) is 0 Å². The summed E-state index contributed by atoms with van der Waals surface area (Å²) >= 11 is 0. The summed E-state index contributed by atoms with van der Waals surface area (Å²) in [6, 6.07) is 0. The van der Waals surface area contributed by atoms with Crippen LogP contribution in [0, 0.1) is 0 Å².